The van der Waals surface area contributed by atoms with E-state index in [1.54, 1.807) is 4.90 Å². The average molecular weight is 306 g/mol. The van der Waals surface area contributed by atoms with Gasteiger partial charge in [0.1, 0.15) is 17.0 Å². The molecule has 1 saturated heterocycles. The Labute approximate surface area is 130 Å². The van der Waals surface area contributed by atoms with Crippen molar-refractivity contribution >= 4 is 18.0 Å². The Kier molecular flexibility index (Phi) is 4.05. The molecule has 0 radical (unpaired) electrons. The van der Waals surface area contributed by atoms with E-state index in [-0.39, 0.29) is 18.9 Å². The Morgan fingerprint density at radius 1 is 1.55 bits per heavy atom. The number of likely N-dealkylation sites (tertiary alicyclic amines) is 1. The van der Waals surface area contributed by atoms with E-state index in [0.717, 1.165) is 0 Å². The molecule has 2 N–H and O–H groups in total. The molecule has 1 atom stereocenters. The van der Waals surface area contributed by atoms with Gasteiger partial charge < -0.3 is 15.4 Å². The highest BCUT2D eigenvalue weighted by Crippen LogP contribution is 2.33. The van der Waals surface area contributed by atoms with E-state index in [1.807, 2.05) is 20.8 Å². The number of hydrogen-bond acceptors (Lipinski definition) is 4. The minimum Gasteiger partial charge on any atom is -0.444 e. The first-order chi connectivity index (χ1) is 10.2. The smallest absolute Gasteiger partial charge is 0.410 e. The third-order valence-electron chi connectivity index (χ3n) is 3.81. The van der Waals surface area contributed by atoms with E-state index < -0.39 is 23.3 Å². The summed E-state index contributed by atoms with van der Waals surface area (Å²) in [5.41, 5.74) is 4.60. The van der Waals surface area contributed by atoms with Gasteiger partial charge in [-0.1, -0.05) is 5.92 Å². The Hall–Kier alpha value is -2.23. The molecule has 2 aliphatic heterocycles. The second kappa shape index (κ2) is 5.52. The lowest BCUT2D eigenvalue weighted by molar-refractivity contribution is 0.00937. The van der Waals surface area contributed by atoms with Crippen molar-refractivity contribution in [3.63, 3.8) is 0 Å². The number of nitrogens with two attached hydrogens (primary N) is 1. The molecule has 1 spiro atoms. The standard InChI is InChI=1S/C15H22N4O3/c1-5-8-19-12(20)17-11(16)15(19)7-6-9-18(10-15)13(21)22-14(2,3)4/h1H,6-10H2,2-4H3,(H2,16,17,20). The number of amidine groups is 1. The topological polar surface area (TPSA) is 88.2 Å². The van der Waals surface area contributed by atoms with Crippen LogP contribution in [-0.4, -0.2) is 58.5 Å². The number of rotatable bonds is 1. The third-order valence-corrected chi connectivity index (χ3v) is 3.81. The summed E-state index contributed by atoms with van der Waals surface area (Å²) in [6.07, 6.45) is 6.26. The highest BCUT2D eigenvalue weighted by molar-refractivity contribution is 6.06. The van der Waals surface area contributed by atoms with Crippen LogP contribution in [0, 0.1) is 12.3 Å². The highest BCUT2D eigenvalue weighted by atomic mass is 16.6. The molecule has 0 saturated carbocycles. The molecule has 22 heavy (non-hydrogen) atoms. The molecule has 2 rings (SSSR count). The zero-order chi connectivity index (χ0) is 16.5. The minimum atomic E-state index is -0.807. The summed E-state index contributed by atoms with van der Waals surface area (Å²) in [6.45, 7) is 6.36. The lowest BCUT2D eigenvalue weighted by Crippen LogP contribution is -2.64. The van der Waals surface area contributed by atoms with Crippen LogP contribution in [0.15, 0.2) is 4.99 Å². The highest BCUT2D eigenvalue weighted by Gasteiger charge is 2.51. The molecular formula is C15H22N4O3. The number of ether oxygens (including phenoxy) is 1. The fourth-order valence-corrected chi connectivity index (χ4v) is 2.85. The lowest BCUT2D eigenvalue weighted by Gasteiger charge is -2.44. The van der Waals surface area contributed by atoms with Gasteiger partial charge in [-0.25, -0.2) is 9.59 Å². The van der Waals surface area contributed by atoms with Crippen LogP contribution in [0.3, 0.4) is 0 Å². The molecule has 2 heterocycles. The van der Waals surface area contributed by atoms with E-state index in [4.69, 9.17) is 16.9 Å². The molecular weight excluding hydrogens is 284 g/mol. The number of urea groups is 1. The summed E-state index contributed by atoms with van der Waals surface area (Å²) in [5.74, 6) is 2.68. The van der Waals surface area contributed by atoms with Gasteiger partial charge in [0.05, 0.1) is 13.1 Å². The molecule has 0 aliphatic carbocycles. The van der Waals surface area contributed by atoms with Crippen molar-refractivity contribution in [1.82, 2.24) is 9.80 Å². The van der Waals surface area contributed by atoms with E-state index in [2.05, 4.69) is 10.9 Å². The third kappa shape index (κ3) is 2.86. The van der Waals surface area contributed by atoms with E-state index in [0.29, 0.717) is 19.4 Å². The van der Waals surface area contributed by atoms with E-state index in [9.17, 15) is 9.59 Å². The Morgan fingerprint density at radius 2 is 2.23 bits per heavy atom. The van der Waals surface area contributed by atoms with Gasteiger partial charge in [-0.15, -0.1) is 6.42 Å². The zero-order valence-electron chi connectivity index (χ0n) is 13.3. The first-order valence-corrected chi connectivity index (χ1v) is 7.27. The predicted octanol–water partition coefficient (Wildman–Crippen LogP) is 1.18. The van der Waals surface area contributed by atoms with Gasteiger partial charge in [-0.05, 0) is 33.6 Å². The summed E-state index contributed by atoms with van der Waals surface area (Å²) < 4.78 is 5.40. The van der Waals surface area contributed by atoms with Crippen molar-refractivity contribution < 1.29 is 14.3 Å². The summed E-state index contributed by atoms with van der Waals surface area (Å²) >= 11 is 0. The summed E-state index contributed by atoms with van der Waals surface area (Å²) in [7, 11) is 0. The number of amides is 3. The molecule has 2 aliphatic rings. The van der Waals surface area contributed by atoms with Crippen molar-refractivity contribution in [3.8, 4) is 12.3 Å². The largest absolute Gasteiger partial charge is 0.444 e. The monoisotopic (exact) mass is 306 g/mol. The number of carbonyl (C=O) groups excluding carboxylic acids is 2. The van der Waals surface area contributed by atoms with Gasteiger partial charge in [0.15, 0.2) is 0 Å². The number of piperidine rings is 1. The quantitative estimate of drug-likeness (QED) is 0.737. The molecule has 0 aromatic carbocycles. The Bertz CT molecular complexity index is 558. The Morgan fingerprint density at radius 3 is 2.82 bits per heavy atom. The fourth-order valence-electron chi connectivity index (χ4n) is 2.85. The van der Waals surface area contributed by atoms with Crippen LogP contribution < -0.4 is 5.73 Å². The van der Waals surface area contributed by atoms with Crippen LogP contribution in [0.4, 0.5) is 9.59 Å². The SMILES string of the molecule is C#CCN1C(=O)N=C(N)C12CCCN(C(=O)OC(C)(C)C)C2. The van der Waals surface area contributed by atoms with Crippen molar-refractivity contribution in [1.29, 1.82) is 0 Å². The van der Waals surface area contributed by atoms with Gasteiger partial charge in [0.25, 0.3) is 0 Å². The first-order valence-electron chi connectivity index (χ1n) is 7.27. The van der Waals surface area contributed by atoms with Crippen molar-refractivity contribution in [2.75, 3.05) is 19.6 Å². The molecule has 3 amide bonds. The molecule has 7 heteroatoms. The lowest BCUT2D eigenvalue weighted by atomic mass is 9.87. The fraction of sp³-hybridized carbons (Fsp3) is 0.667. The van der Waals surface area contributed by atoms with Crippen LogP contribution in [0.1, 0.15) is 33.6 Å². The number of hydrogen-bond donors (Lipinski definition) is 1. The first kappa shape index (κ1) is 16.1. The van der Waals surface area contributed by atoms with Gasteiger partial charge in [0.2, 0.25) is 0 Å². The van der Waals surface area contributed by atoms with Crippen LogP contribution in [0.25, 0.3) is 0 Å². The maximum absolute atomic E-state index is 12.3. The van der Waals surface area contributed by atoms with Crippen molar-refractivity contribution in [2.24, 2.45) is 10.7 Å². The summed E-state index contributed by atoms with van der Waals surface area (Å²) in [6, 6.07) is -0.443. The molecule has 0 aromatic heterocycles. The predicted molar refractivity (Wildman–Crippen MR) is 82.3 cm³/mol. The van der Waals surface area contributed by atoms with Gasteiger partial charge in [-0.2, -0.15) is 4.99 Å². The number of terminal acetylenes is 1. The summed E-state index contributed by atoms with van der Waals surface area (Å²) in [5, 5.41) is 0. The second-order valence-corrected chi connectivity index (χ2v) is 6.61. The van der Waals surface area contributed by atoms with Crippen molar-refractivity contribution in [3.05, 3.63) is 0 Å². The van der Waals surface area contributed by atoms with Crippen LogP contribution in [0.2, 0.25) is 0 Å². The van der Waals surface area contributed by atoms with E-state index in [1.165, 1.54) is 4.90 Å². The normalized spacial score (nSPS) is 25.2. The molecule has 0 aromatic rings. The molecule has 0 bridgehead atoms. The van der Waals surface area contributed by atoms with Crippen LogP contribution in [-0.2, 0) is 4.74 Å². The Balaban J connectivity index is 2.22. The van der Waals surface area contributed by atoms with Crippen molar-refractivity contribution in [2.45, 2.75) is 44.8 Å². The average Bonchev–Trinajstić information content (AvgIpc) is 2.62. The molecule has 120 valence electrons. The second-order valence-electron chi connectivity index (χ2n) is 6.61. The van der Waals surface area contributed by atoms with Gasteiger partial charge in [-0.3, -0.25) is 4.90 Å². The molecule has 7 nitrogen and oxygen atoms in total. The van der Waals surface area contributed by atoms with E-state index >= 15 is 0 Å². The maximum Gasteiger partial charge on any atom is 0.410 e. The van der Waals surface area contributed by atoms with Gasteiger partial charge >= 0.3 is 12.1 Å². The van der Waals surface area contributed by atoms with Gasteiger partial charge in [0, 0.05) is 6.54 Å². The number of nitrogens with zero attached hydrogens (tertiary/aromatic N) is 3. The summed E-state index contributed by atoms with van der Waals surface area (Å²) in [4.78, 5) is 31.1. The zero-order valence-corrected chi connectivity index (χ0v) is 13.3. The van der Waals surface area contributed by atoms with Crippen LogP contribution >= 0.6 is 0 Å². The maximum atomic E-state index is 12.3. The van der Waals surface area contributed by atoms with Crippen LogP contribution in [0.5, 0.6) is 0 Å². The number of aliphatic imine (C=N–C) groups is 1. The number of carbonyl (C=O) groups is 2. The molecule has 1 fully saturated rings. The minimum absolute atomic E-state index is 0.116. The molecule has 1 unspecified atom stereocenters.